The van der Waals surface area contributed by atoms with Crippen molar-refractivity contribution in [2.75, 3.05) is 45.2 Å². The van der Waals surface area contributed by atoms with Gasteiger partial charge in [-0.3, -0.25) is 9.79 Å². The Labute approximate surface area is 150 Å². The van der Waals surface area contributed by atoms with Crippen LogP contribution in [-0.2, 0) is 9.53 Å². The maximum Gasteiger partial charge on any atom is 0.308 e. The number of hydrogen-bond donors (Lipinski definition) is 2. The Balaban J connectivity index is 1.75. The van der Waals surface area contributed by atoms with Crippen LogP contribution in [0.25, 0.3) is 0 Å². The van der Waals surface area contributed by atoms with Crippen molar-refractivity contribution in [2.45, 2.75) is 26.2 Å². The van der Waals surface area contributed by atoms with Crippen LogP contribution < -0.4 is 10.6 Å². The number of anilines is 1. The molecule has 6 nitrogen and oxygen atoms in total. The first-order valence-electron chi connectivity index (χ1n) is 9.14. The molecule has 0 radical (unpaired) electrons. The van der Waals surface area contributed by atoms with E-state index < -0.39 is 0 Å². The summed E-state index contributed by atoms with van der Waals surface area (Å²) < 4.78 is 4.85. The molecule has 0 spiro atoms. The van der Waals surface area contributed by atoms with Crippen LogP contribution in [0, 0.1) is 5.92 Å². The molecule has 1 aliphatic heterocycles. The van der Waals surface area contributed by atoms with Crippen molar-refractivity contribution < 1.29 is 9.53 Å². The third-order valence-electron chi connectivity index (χ3n) is 4.36. The molecule has 0 unspecified atom stereocenters. The van der Waals surface area contributed by atoms with Crippen molar-refractivity contribution in [1.29, 1.82) is 0 Å². The molecule has 1 heterocycles. The molecule has 2 rings (SSSR count). The molecule has 0 aliphatic carbocycles. The highest BCUT2D eigenvalue weighted by Gasteiger charge is 2.26. The van der Waals surface area contributed by atoms with E-state index in [-0.39, 0.29) is 11.9 Å². The van der Waals surface area contributed by atoms with E-state index in [1.165, 1.54) is 7.11 Å². The van der Waals surface area contributed by atoms with Gasteiger partial charge in [0.15, 0.2) is 5.96 Å². The van der Waals surface area contributed by atoms with Crippen LogP contribution in [0.2, 0.25) is 0 Å². The van der Waals surface area contributed by atoms with Gasteiger partial charge in [-0.2, -0.15) is 0 Å². The predicted octanol–water partition coefficient (Wildman–Crippen LogP) is 2.34. The molecule has 6 heteroatoms. The average Bonchev–Trinajstić information content (AvgIpc) is 2.67. The highest BCUT2D eigenvalue weighted by molar-refractivity contribution is 5.80. The summed E-state index contributed by atoms with van der Waals surface area (Å²) in [5.74, 6) is 0.887. The number of para-hydroxylation sites is 1. The molecule has 1 aromatic carbocycles. The molecule has 1 aromatic rings. The summed E-state index contributed by atoms with van der Waals surface area (Å²) in [6.07, 6.45) is 2.63. The summed E-state index contributed by atoms with van der Waals surface area (Å²) in [5, 5.41) is 6.76. The molecule has 25 heavy (non-hydrogen) atoms. The lowest BCUT2D eigenvalue weighted by Crippen LogP contribution is -2.46. The molecule has 0 atom stereocenters. The van der Waals surface area contributed by atoms with Gasteiger partial charge in [0.05, 0.1) is 13.0 Å². The molecular formula is C19H30N4O2. The van der Waals surface area contributed by atoms with E-state index in [0.717, 1.165) is 63.6 Å². The first kappa shape index (κ1) is 19.1. The molecule has 0 aromatic heterocycles. The number of esters is 1. The van der Waals surface area contributed by atoms with Gasteiger partial charge in [0.2, 0.25) is 0 Å². The number of hydrogen-bond acceptors (Lipinski definition) is 4. The third kappa shape index (κ3) is 6.29. The SMILES string of the molecule is CCNC(=NCCCNc1ccccc1)N1CCC(C(=O)OC)CC1. The van der Waals surface area contributed by atoms with Crippen molar-refractivity contribution in [1.82, 2.24) is 10.2 Å². The number of carbonyl (C=O) groups excluding carboxylic acids is 1. The topological polar surface area (TPSA) is 66.0 Å². The number of rotatable bonds is 7. The monoisotopic (exact) mass is 346 g/mol. The van der Waals surface area contributed by atoms with Gasteiger partial charge in [-0.05, 0) is 38.3 Å². The van der Waals surface area contributed by atoms with Crippen LogP contribution in [0.3, 0.4) is 0 Å². The van der Waals surface area contributed by atoms with Crippen LogP contribution in [0.1, 0.15) is 26.2 Å². The van der Waals surface area contributed by atoms with E-state index in [4.69, 9.17) is 9.73 Å². The molecule has 1 fully saturated rings. The molecule has 1 saturated heterocycles. The van der Waals surface area contributed by atoms with Crippen LogP contribution >= 0.6 is 0 Å². The molecule has 0 bridgehead atoms. The van der Waals surface area contributed by atoms with Gasteiger partial charge in [-0.25, -0.2) is 0 Å². The highest BCUT2D eigenvalue weighted by atomic mass is 16.5. The summed E-state index contributed by atoms with van der Waals surface area (Å²) >= 11 is 0. The standard InChI is InChI=1S/C19H30N4O2/c1-3-20-19(23-14-10-16(11-15-23)18(24)25-2)22-13-7-12-21-17-8-5-4-6-9-17/h4-6,8-9,16,21H,3,7,10-15H2,1-2H3,(H,20,22). The number of methoxy groups -OCH3 is 1. The maximum atomic E-state index is 11.6. The first-order chi connectivity index (χ1) is 12.2. The fourth-order valence-electron chi connectivity index (χ4n) is 2.97. The minimum atomic E-state index is -0.0893. The summed E-state index contributed by atoms with van der Waals surface area (Å²) in [7, 11) is 1.46. The Bertz CT molecular complexity index is 540. The van der Waals surface area contributed by atoms with Crippen LogP contribution in [0.4, 0.5) is 5.69 Å². The lowest BCUT2D eigenvalue weighted by atomic mass is 9.97. The normalized spacial score (nSPS) is 15.8. The largest absolute Gasteiger partial charge is 0.469 e. The second-order valence-corrected chi connectivity index (χ2v) is 6.17. The molecule has 0 amide bonds. The zero-order valence-electron chi connectivity index (χ0n) is 15.3. The number of benzene rings is 1. The summed E-state index contributed by atoms with van der Waals surface area (Å²) in [5.41, 5.74) is 1.14. The Kier molecular flexibility index (Phi) is 8.09. The lowest BCUT2D eigenvalue weighted by Gasteiger charge is -2.33. The quantitative estimate of drug-likeness (QED) is 0.343. The van der Waals surface area contributed by atoms with Crippen molar-refractivity contribution in [3.63, 3.8) is 0 Å². The Hall–Kier alpha value is -2.24. The van der Waals surface area contributed by atoms with E-state index in [1.807, 2.05) is 18.2 Å². The fraction of sp³-hybridized carbons (Fsp3) is 0.579. The smallest absolute Gasteiger partial charge is 0.308 e. The average molecular weight is 346 g/mol. The van der Waals surface area contributed by atoms with Crippen molar-refractivity contribution in [3.8, 4) is 0 Å². The second-order valence-electron chi connectivity index (χ2n) is 6.17. The van der Waals surface area contributed by atoms with Crippen LogP contribution in [-0.4, -0.2) is 56.7 Å². The van der Waals surface area contributed by atoms with Gasteiger partial charge >= 0.3 is 5.97 Å². The van der Waals surface area contributed by atoms with Gasteiger partial charge in [0.25, 0.3) is 0 Å². The summed E-state index contributed by atoms with van der Waals surface area (Å²) in [4.78, 5) is 18.6. The van der Waals surface area contributed by atoms with Gasteiger partial charge in [0, 0.05) is 38.4 Å². The number of nitrogens with zero attached hydrogens (tertiary/aromatic N) is 2. The number of likely N-dealkylation sites (tertiary alicyclic amines) is 1. The minimum absolute atomic E-state index is 0.0270. The van der Waals surface area contributed by atoms with Gasteiger partial charge < -0.3 is 20.3 Å². The third-order valence-corrected chi connectivity index (χ3v) is 4.36. The van der Waals surface area contributed by atoms with E-state index in [0.29, 0.717) is 0 Å². The Morgan fingerprint density at radius 3 is 2.64 bits per heavy atom. The number of guanidine groups is 1. The van der Waals surface area contributed by atoms with Crippen molar-refractivity contribution in [3.05, 3.63) is 30.3 Å². The molecule has 138 valence electrons. The van der Waals surface area contributed by atoms with E-state index in [1.54, 1.807) is 0 Å². The van der Waals surface area contributed by atoms with E-state index in [2.05, 4.69) is 34.6 Å². The zero-order valence-corrected chi connectivity index (χ0v) is 15.3. The van der Waals surface area contributed by atoms with E-state index in [9.17, 15) is 4.79 Å². The van der Waals surface area contributed by atoms with Crippen LogP contribution in [0.5, 0.6) is 0 Å². The Morgan fingerprint density at radius 2 is 2.00 bits per heavy atom. The minimum Gasteiger partial charge on any atom is -0.469 e. The Morgan fingerprint density at radius 1 is 1.28 bits per heavy atom. The fourth-order valence-corrected chi connectivity index (χ4v) is 2.97. The zero-order chi connectivity index (χ0) is 17.9. The first-order valence-corrected chi connectivity index (χ1v) is 9.14. The second kappa shape index (κ2) is 10.6. The van der Waals surface area contributed by atoms with Gasteiger partial charge in [-0.1, -0.05) is 18.2 Å². The van der Waals surface area contributed by atoms with Crippen LogP contribution in [0.15, 0.2) is 35.3 Å². The number of carbonyl (C=O) groups is 1. The number of nitrogens with one attached hydrogen (secondary N) is 2. The highest BCUT2D eigenvalue weighted by Crippen LogP contribution is 2.18. The number of ether oxygens (including phenoxy) is 1. The maximum absolute atomic E-state index is 11.6. The lowest BCUT2D eigenvalue weighted by molar-refractivity contribution is -0.146. The van der Waals surface area contributed by atoms with Crippen molar-refractivity contribution >= 4 is 17.6 Å². The van der Waals surface area contributed by atoms with Gasteiger partial charge in [0.1, 0.15) is 0 Å². The molecule has 0 saturated carbocycles. The molecular weight excluding hydrogens is 316 g/mol. The number of piperidine rings is 1. The number of aliphatic imine (C=N–C) groups is 1. The molecule has 1 aliphatic rings. The summed E-state index contributed by atoms with van der Waals surface area (Å²) in [6, 6.07) is 10.2. The van der Waals surface area contributed by atoms with Crippen molar-refractivity contribution in [2.24, 2.45) is 10.9 Å². The summed E-state index contributed by atoms with van der Waals surface area (Å²) in [6.45, 7) is 6.28. The van der Waals surface area contributed by atoms with E-state index >= 15 is 0 Å². The predicted molar refractivity (Wildman–Crippen MR) is 102 cm³/mol. The van der Waals surface area contributed by atoms with Gasteiger partial charge in [-0.15, -0.1) is 0 Å². The molecule has 2 N–H and O–H groups in total.